The van der Waals surface area contributed by atoms with Crippen LogP contribution in [-0.2, 0) is 16.1 Å². The number of rotatable bonds is 2. The molecule has 140 valence electrons. The summed E-state index contributed by atoms with van der Waals surface area (Å²) in [6, 6.07) is 10.6. The minimum Gasteiger partial charge on any atom is -0.445 e. The Morgan fingerprint density at radius 1 is 1.15 bits per heavy atom. The number of benzene rings is 2. The van der Waals surface area contributed by atoms with E-state index in [-0.39, 0.29) is 24.7 Å². The SMILES string of the molecule is O=C1Nc2cc(F)c(F)cc2N2CCN(C(=O)OCc3ccccc3)CC12. The number of fused-ring (bicyclic) bond motifs is 3. The molecule has 6 nitrogen and oxygen atoms in total. The molecule has 0 spiro atoms. The van der Waals surface area contributed by atoms with Gasteiger partial charge in [-0.05, 0) is 5.56 Å². The molecule has 2 aliphatic heterocycles. The zero-order chi connectivity index (χ0) is 19.0. The molecule has 27 heavy (non-hydrogen) atoms. The lowest BCUT2D eigenvalue weighted by Gasteiger charge is -2.44. The van der Waals surface area contributed by atoms with Gasteiger partial charge in [-0.15, -0.1) is 0 Å². The summed E-state index contributed by atoms with van der Waals surface area (Å²) in [5.74, 6) is -2.36. The Bertz CT molecular complexity index is 891. The smallest absolute Gasteiger partial charge is 0.410 e. The predicted octanol–water partition coefficient (Wildman–Crippen LogP) is 2.74. The van der Waals surface area contributed by atoms with Gasteiger partial charge in [0, 0.05) is 25.2 Å². The van der Waals surface area contributed by atoms with Crippen molar-refractivity contribution in [2.24, 2.45) is 0 Å². The monoisotopic (exact) mass is 373 g/mol. The summed E-state index contributed by atoms with van der Waals surface area (Å²) in [5.41, 5.74) is 1.51. The van der Waals surface area contributed by atoms with Crippen LogP contribution in [0.25, 0.3) is 0 Å². The first kappa shape index (κ1) is 17.3. The summed E-state index contributed by atoms with van der Waals surface area (Å²) in [6.07, 6.45) is -0.512. The molecule has 2 aromatic rings. The number of nitrogens with one attached hydrogen (secondary N) is 1. The highest BCUT2D eigenvalue weighted by atomic mass is 19.2. The van der Waals surface area contributed by atoms with Gasteiger partial charge in [0.25, 0.3) is 0 Å². The molecule has 1 saturated heterocycles. The molecule has 2 aromatic carbocycles. The van der Waals surface area contributed by atoms with Crippen molar-refractivity contribution in [3.63, 3.8) is 0 Å². The van der Waals surface area contributed by atoms with E-state index in [1.54, 1.807) is 4.90 Å². The van der Waals surface area contributed by atoms with Gasteiger partial charge in [0.15, 0.2) is 11.6 Å². The van der Waals surface area contributed by atoms with Crippen LogP contribution in [0.3, 0.4) is 0 Å². The quantitative estimate of drug-likeness (QED) is 0.879. The Balaban J connectivity index is 1.46. The first-order valence-electron chi connectivity index (χ1n) is 8.55. The Morgan fingerprint density at radius 2 is 1.89 bits per heavy atom. The Hall–Kier alpha value is -3.16. The number of hydrogen-bond acceptors (Lipinski definition) is 4. The predicted molar refractivity (Wildman–Crippen MR) is 94.3 cm³/mol. The van der Waals surface area contributed by atoms with Crippen LogP contribution in [0.4, 0.5) is 25.0 Å². The molecule has 2 amide bonds. The summed E-state index contributed by atoms with van der Waals surface area (Å²) < 4.78 is 32.4. The summed E-state index contributed by atoms with van der Waals surface area (Å²) in [7, 11) is 0. The highest BCUT2D eigenvalue weighted by molar-refractivity contribution is 6.04. The number of ether oxygens (including phenoxy) is 1. The molecule has 0 radical (unpaired) electrons. The summed E-state index contributed by atoms with van der Waals surface area (Å²) in [5, 5.41) is 2.58. The van der Waals surface area contributed by atoms with E-state index in [0.29, 0.717) is 18.8 Å². The maximum Gasteiger partial charge on any atom is 0.410 e. The standard InChI is InChI=1S/C19H17F2N3O3/c20-13-8-15-16(9-14(13)21)24-7-6-23(10-17(24)18(25)22-15)19(26)27-11-12-4-2-1-3-5-12/h1-5,8-9,17H,6-7,10-11H2,(H,22,25). The average Bonchev–Trinajstić information content (AvgIpc) is 2.68. The van der Waals surface area contributed by atoms with Crippen LogP contribution in [0.15, 0.2) is 42.5 Å². The van der Waals surface area contributed by atoms with Crippen LogP contribution in [0.5, 0.6) is 0 Å². The van der Waals surface area contributed by atoms with E-state index in [0.717, 1.165) is 17.7 Å². The van der Waals surface area contributed by atoms with Crippen LogP contribution < -0.4 is 10.2 Å². The van der Waals surface area contributed by atoms with E-state index in [4.69, 9.17) is 4.74 Å². The fourth-order valence-electron chi connectivity index (χ4n) is 3.36. The van der Waals surface area contributed by atoms with Crippen molar-refractivity contribution in [2.45, 2.75) is 12.6 Å². The lowest BCUT2D eigenvalue weighted by atomic mass is 10.0. The number of piperazine rings is 1. The van der Waals surface area contributed by atoms with E-state index in [2.05, 4.69) is 5.32 Å². The fourth-order valence-corrected chi connectivity index (χ4v) is 3.36. The number of hydrogen-bond donors (Lipinski definition) is 1. The lowest BCUT2D eigenvalue weighted by Crippen LogP contribution is -2.61. The van der Waals surface area contributed by atoms with Crippen molar-refractivity contribution in [3.8, 4) is 0 Å². The molecule has 2 heterocycles. The van der Waals surface area contributed by atoms with Gasteiger partial charge in [-0.3, -0.25) is 4.79 Å². The van der Waals surface area contributed by atoms with Crippen LogP contribution in [-0.4, -0.2) is 42.6 Å². The Labute approximate surface area is 154 Å². The second-order valence-electron chi connectivity index (χ2n) is 6.47. The van der Waals surface area contributed by atoms with Crippen molar-refractivity contribution in [1.29, 1.82) is 0 Å². The molecule has 1 unspecified atom stereocenters. The number of carbonyl (C=O) groups is 2. The highest BCUT2D eigenvalue weighted by Crippen LogP contribution is 2.35. The maximum atomic E-state index is 13.6. The van der Waals surface area contributed by atoms with Gasteiger partial charge in [0.05, 0.1) is 17.9 Å². The van der Waals surface area contributed by atoms with Gasteiger partial charge in [-0.25, -0.2) is 13.6 Å². The molecule has 1 N–H and O–H groups in total. The summed E-state index contributed by atoms with van der Waals surface area (Å²) in [6.45, 7) is 0.883. The molecule has 0 saturated carbocycles. The van der Waals surface area contributed by atoms with E-state index < -0.39 is 23.8 Å². The van der Waals surface area contributed by atoms with Gasteiger partial charge in [-0.1, -0.05) is 30.3 Å². The first-order chi connectivity index (χ1) is 13.0. The third-order valence-electron chi connectivity index (χ3n) is 4.75. The normalized spacial score (nSPS) is 18.4. The van der Waals surface area contributed by atoms with E-state index in [9.17, 15) is 18.4 Å². The van der Waals surface area contributed by atoms with Crippen molar-refractivity contribution < 1.29 is 23.1 Å². The molecular formula is C19H17F2N3O3. The molecule has 1 fully saturated rings. The number of amides is 2. The Kier molecular flexibility index (Phi) is 4.39. The summed E-state index contributed by atoms with van der Waals surface area (Å²) in [4.78, 5) is 27.9. The van der Waals surface area contributed by atoms with Crippen LogP contribution in [0.1, 0.15) is 5.56 Å². The van der Waals surface area contributed by atoms with E-state index in [1.165, 1.54) is 4.90 Å². The third-order valence-corrected chi connectivity index (χ3v) is 4.75. The maximum absolute atomic E-state index is 13.6. The van der Waals surface area contributed by atoms with E-state index >= 15 is 0 Å². The summed E-state index contributed by atoms with van der Waals surface area (Å²) >= 11 is 0. The third kappa shape index (κ3) is 3.30. The number of nitrogens with zero attached hydrogens (tertiary/aromatic N) is 2. The van der Waals surface area contributed by atoms with E-state index in [1.807, 2.05) is 30.3 Å². The van der Waals surface area contributed by atoms with Gasteiger partial charge >= 0.3 is 6.09 Å². The molecular weight excluding hydrogens is 356 g/mol. The minimum absolute atomic E-state index is 0.109. The van der Waals surface area contributed by atoms with Crippen LogP contribution in [0.2, 0.25) is 0 Å². The van der Waals surface area contributed by atoms with Gasteiger partial charge < -0.3 is 19.9 Å². The molecule has 4 rings (SSSR count). The van der Waals surface area contributed by atoms with Crippen molar-refractivity contribution >= 4 is 23.4 Å². The molecule has 1 atom stereocenters. The molecule has 0 aliphatic carbocycles. The first-order valence-corrected chi connectivity index (χ1v) is 8.55. The molecule has 0 aromatic heterocycles. The molecule has 2 aliphatic rings. The van der Waals surface area contributed by atoms with Crippen molar-refractivity contribution in [1.82, 2.24) is 4.90 Å². The van der Waals surface area contributed by atoms with Gasteiger partial charge in [0.2, 0.25) is 5.91 Å². The Morgan fingerprint density at radius 3 is 2.67 bits per heavy atom. The second kappa shape index (κ2) is 6.86. The molecule has 0 bridgehead atoms. The van der Waals surface area contributed by atoms with Crippen molar-refractivity contribution in [3.05, 3.63) is 59.7 Å². The van der Waals surface area contributed by atoms with Crippen molar-refractivity contribution in [2.75, 3.05) is 29.9 Å². The number of anilines is 2. The largest absolute Gasteiger partial charge is 0.445 e. The number of halogens is 2. The van der Waals surface area contributed by atoms with Gasteiger partial charge in [-0.2, -0.15) is 0 Å². The lowest BCUT2D eigenvalue weighted by molar-refractivity contribution is -0.118. The molecule has 8 heteroatoms. The van der Waals surface area contributed by atoms with Crippen LogP contribution in [0, 0.1) is 11.6 Å². The average molecular weight is 373 g/mol. The minimum atomic E-state index is -1.02. The number of carbonyl (C=O) groups excluding carboxylic acids is 2. The highest BCUT2D eigenvalue weighted by Gasteiger charge is 2.39. The zero-order valence-corrected chi connectivity index (χ0v) is 14.3. The topological polar surface area (TPSA) is 61.9 Å². The second-order valence-corrected chi connectivity index (χ2v) is 6.47. The zero-order valence-electron chi connectivity index (χ0n) is 14.3. The fraction of sp³-hybridized carbons (Fsp3) is 0.263. The van der Waals surface area contributed by atoms with Gasteiger partial charge in [0.1, 0.15) is 12.6 Å². The van der Waals surface area contributed by atoms with Crippen LogP contribution >= 0.6 is 0 Å².